The van der Waals surface area contributed by atoms with Crippen LogP contribution in [0.5, 0.6) is 0 Å². The van der Waals surface area contributed by atoms with Gasteiger partial charge in [-0.15, -0.1) is 0 Å². The van der Waals surface area contributed by atoms with Gasteiger partial charge in [-0.1, -0.05) is 22.0 Å². The van der Waals surface area contributed by atoms with Crippen molar-refractivity contribution in [2.45, 2.75) is 18.2 Å². The molecule has 1 rings (SSSR count). The first-order chi connectivity index (χ1) is 5.95. The third-order valence-corrected chi connectivity index (χ3v) is 2.23. The van der Waals surface area contributed by atoms with Crippen LogP contribution in [0.25, 0.3) is 0 Å². The van der Waals surface area contributed by atoms with Crippen LogP contribution in [0.2, 0.25) is 0 Å². The van der Waals surface area contributed by atoms with E-state index in [1.54, 1.807) is 12.1 Å². The van der Waals surface area contributed by atoms with E-state index in [0.717, 1.165) is 5.56 Å². The third-order valence-electron chi connectivity index (χ3n) is 1.78. The highest BCUT2D eigenvalue weighted by atomic mass is 79.9. The molecular formula is C10H9BrFN. The molecule has 0 aliphatic carbocycles. The Hall–Kier alpha value is -0.880. The Balaban J connectivity index is 3.20. The van der Waals surface area contributed by atoms with Crippen molar-refractivity contribution in [2.75, 3.05) is 0 Å². The summed E-state index contributed by atoms with van der Waals surface area (Å²) < 4.78 is 12.9. The molecule has 3 heteroatoms. The van der Waals surface area contributed by atoms with Gasteiger partial charge < -0.3 is 0 Å². The quantitative estimate of drug-likeness (QED) is 0.693. The summed E-state index contributed by atoms with van der Waals surface area (Å²) in [5, 5.41) is 8.51. The van der Waals surface area contributed by atoms with Crippen LogP contribution in [-0.2, 0) is 4.32 Å². The lowest BCUT2D eigenvalue weighted by Gasteiger charge is -2.16. The Morgan fingerprint density at radius 2 is 2.08 bits per heavy atom. The number of halogens is 2. The van der Waals surface area contributed by atoms with E-state index >= 15 is 0 Å². The molecule has 0 radical (unpaired) electrons. The molecule has 0 atom stereocenters. The van der Waals surface area contributed by atoms with Gasteiger partial charge in [-0.2, -0.15) is 5.26 Å². The lowest BCUT2D eigenvalue weighted by atomic mass is 10.0. The fourth-order valence-corrected chi connectivity index (χ4v) is 1.22. The molecule has 0 N–H and O–H groups in total. The van der Waals surface area contributed by atoms with Gasteiger partial charge in [-0.25, -0.2) is 4.39 Å². The summed E-state index contributed by atoms with van der Waals surface area (Å²) in [5.41, 5.74) is 0.907. The van der Waals surface area contributed by atoms with Crippen molar-refractivity contribution < 1.29 is 4.39 Å². The van der Waals surface area contributed by atoms with E-state index in [1.165, 1.54) is 12.1 Å². The van der Waals surface area contributed by atoms with Crippen molar-refractivity contribution >= 4 is 15.9 Å². The molecule has 0 heterocycles. The molecule has 0 saturated carbocycles. The van der Waals surface area contributed by atoms with Crippen molar-refractivity contribution in [2.24, 2.45) is 0 Å². The number of nitriles is 1. The Morgan fingerprint density at radius 1 is 1.46 bits per heavy atom. The van der Waals surface area contributed by atoms with Crippen LogP contribution in [0.4, 0.5) is 4.39 Å². The van der Waals surface area contributed by atoms with Gasteiger partial charge in [-0.05, 0) is 31.5 Å². The minimum absolute atomic E-state index is 0.0838. The van der Waals surface area contributed by atoms with Gasteiger partial charge in [0.1, 0.15) is 11.9 Å². The standard InChI is InChI=1S/C10H9BrFN/c1-10(2,11)8-4-3-7(6-13)9(12)5-8/h3-5H,1-2H3. The monoisotopic (exact) mass is 241 g/mol. The zero-order valence-electron chi connectivity index (χ0n) is 7.44. The van der Waals surface area contributed by atoms with E-state index in [-0.39, 0.29) is 9.89 Å². The Morgan fingerprint density at radius 3 is 2.46 bits per heavy atom. The van der Waals surface area contributed by atoms with Gasteiger partial charge in [0, 0.05) is 4.32 Å². The number of benzene rings is 1. The molecule has 0 fully saturated rings. The Kier molecular flexibility index (Phi) is 2.72. The predicted molar refractivity (Wildman–Crippen MR) is 53.1 cm³/mol. The zero-order valence-corrected chi connectivity index (χ0v) is 9.02. The van der Waals surface area contributed by atoms with E-state index in [9.17, 15) is 4.39 Å². The Labute approximate surface area is 85.3 Å². The van der Waals surface area contributed by atoms with Crippen molar-refractivity contribution in [3.8, 4) is 6.07 Å². The van der Waals surface area contributed by atoms with Gasteiger partial charge in [0.15, 0.2) is 0 Å². The summed E-state index contributed by atoms with van der Waals surface area (Å²) >= 11 is 3.42. The van der Waals surface area contributed by atoms with Gasteiger partial charge in [0.25, 0.3) is 0 Å². The molecule has 1 nitrogen and oxygen atoms in total. The third kappa shape index (κ3) is 2.28. The predicted octanol–water partition coefficient (Wildman–Crippen LogP) is 3.33. The van der Waals surface area contributed by atoms with Crippen LogP contribution in [0, 0.1) is 17.1 Å². The molecule has 68 valence electrons. The molecule has 0 unspecified atom stereocenters. The summed E-state index contributed by atoms with van der Waals surface area (Å²) in [6, 6.07) is 6.41. The molecule has 1 aromatic carbocycles. The van der Waals surface area contributed by atoms with Crippen molar-refractivity contribution in [3.05, 3.63) is 35.1 Å². The molecule has 0 saturated heterocycles. The minimum Gasteiger partial charge on any atom is -0.206 e. The van der Waals surface area contributed by atoms with Crippen LogP contribution in [0.3, 0.4) is 0 Å². The molecule has 0 aromatic heterocycles. The maximum absolute atomic E-state index is 13.1. The Bertz CT molecular complexity index is 360. The second kappa shape index (κ2) is 3.47. The molecule has 0 amide bonds. The first-order valence-electron chi connectivity index (χ1n) is 3.84. The molecule has 1 aromatic rings. The molecule has 0 bridgehead atoms. The van der Waals surface area contributed by atoms with E-state index in [2.05, 4.69) is 15.9 Å². The van der Waals surface area contributed by atoms with Crippen molar-refractivity contribution in [1.82, 2.24) is 0 Å². The van der Waals surface area contributed by atoms with Gasteiger partial charge in [0.05, 0.1) is 5.56 Å². The summed E-state index contributed by atoms with van der Waals surface area (Å²) in [4.78, 5) is 0. The average Bonchev–Trinajstić information content (AvgIpc) is 2.02. The smallest absolute Gasteiger partial charge is 0.141 e. The minimum atomic E-state index is -0.465. The molecule has 0 spiro atoms. The highest BCUT2D eigenvalue weighted by Crippen LogP contribution is 2.30. The first-order valence-corrected chi connectivity index (χ1v) is 4.63. The fourth-order valence-electron chi connectivity index (χ4n) is 0.976. The first kappa shape index (κ1) is 10.2. The topological polar surface area (TPSA) is 23.8 Å². The van der Waals surface area contributed by atoms with Crippen molar-refractivity contribution in [1.29, 1.82) is 5.26 Å². The number of alkyl halides is 1. The number of hydrogen-bond acceptors (Lipinski definition) is 1. The second-order valence-electron chi connectivity index (χ2n) is 3.28. The molecule has 0 aliphatic rings. The van der Waals surface area contributed by atoms with E-state index in [1.807, 2.05) is 13.8 Å². The van der Waals surface area contributed by atoms with Crippen LogP contribution in [-0.4, -0.2) is 0 Å². The van der Waals surface area contributed by atoms with E-state index in [0.29, 0.717) is 0 Å². The van der Waals surface area contributed by atoms with E-state index in [4.69, 9.17) is 5.26 Å². The highest BCUT2D eigenvalue weighted by molar-refractivity contribution is 9.09. The van der Waals surface area contributed by atoms with Gasteiger partial charge in [0.2, 0.25) is 0 Å². The zero-order chi connectivity index (χ0) is 10.1. The summed E-state index contributed by atoms with van der Waals surface area (Å²) in [7, 11) is 0. The fraction of sp³-hybridized carbons (Fsp3) is 0.300. The SMILES string of the molecule is CC(C)(Br)c1ccc(C#N)c(F)c1. The number of nitrogens with zero attached hydrogens (tertiary/aromatic N) is 1. The van der Waals surface area contributed by atoms with Crippen LogP contribution in [0.15, 0.2) is 18.2 Å². The molecule has 0 aliphatic heterocycles. The number of hydrogen-bond donors (Lipinski definition) is 0. The lowest BCUT2D eigenvalue weighted by Crippen LogP contribution is -2.07. The number of rotatable bonds is 1. The lowest BCUT2D eigenvalue weighted by molar-refractivity contribution is 0.617. The largest absolute Gasteiger partial charge is 0.206 e. The second-order valence-corrected chi connectivity index (χ2v) is 5.26. The average molecular weight is 242 g/mol. The van der Waals surface area contributed by atoms with Crippen LogP contribution >= 0.6 is 15.9 Å². The van der Waals surface area contributed by atoms with E-state index < -0.39 is 5.82 Å². The van der Waals surface area contributed by atoms with Crippen molar-refractivity contribution in [3.63, 3.8) is 0 Å². The summed E-state index contributed by atoms with van der Waals surface area (Å²) in [5.74, 6) is -0.465. The normalized spacial score (nSPS) is 11.0. The maximum atomic E-state index is 13.1. The molecular weight excluding hydrogens is 233 g/mol. The summed E-state index contributed by atoms with van der Waals surface area (Å²) in [6.45, 7) is 3.85. The van der Waals surface area contributed by atoms with Crippen LogP contribution < -0.4 is 0 Å². The highest BCUT2D eigenvalue weighted by Gasteiger charge is 2.17. The molecule has 13 heavy (non-hydrogen) atoms. The maximum Gasteiger partial charge on any atom is 0.141 e. The van der Waals surface area contributed by atoms with Gasteiger partial charge in [-0.3, -0.25) is 0 Å². The summed E-state index contributed by atoms with van der Waals surface area (Å²) in [6.07, 6.45) is 0. The van der Waals surface area contributed by atoms with Crippen LogP contribution in [0.1, 0.15) is 25.0 Å². The van der Waals surface area contributed by atoms with Gasteiger partial charge >= 0.3 is 0 Å².